The van der Waals surface area contributed by atoms with Crippen LogP contribution in [0.4, 0.5) is 0 Å². The Morgan fingerprint density at radius 2 is 1.91 bits per heavy atom. The summed E-state index contributed by atoms with van der Waals surface area (Å²) in [6, 6.07) is 5.24. The van der Waals surface area contributed by atoms with Crippen LogP contribution in [0.2, 0.25) is 10.0 Å². The standard InChI is InChI=1S/C16H19Cl2NO4/c17-12-3-1-11(9-13(12)18)2-4-14(20)19-10-16(15(21)22)5-7-23-8-6-16/h1,3,9H,2,4-8,10H2,(H,19,20)(H,21,22). The van der Waals surface area contributed by atoms with E-state index in [-0.39, 0.29) is 18.9 Å². The summed E-state index contributed by atoms with van der Waals surface area (Å²) >= 11 is 11.8. The van der Waals surface area contributed by atoms with Crippen LogP contribution >= 0.6 is 23.2 Å². The van der Waals surface area contributed by atoms with Gasteiger partial charge in [0.15, 0.2) is 0 Å². The van der Waals surface area contributed by atoms with Gasteiger partial charge in [-0.1, -0.05) is 29.3 Å². The molecule has 1 aromatic rings. The molecule has 1 saturated heterocycles. The van der Waals surface area contributed by atoms with Crippen molar-refractivity contribution >= 4 is 35.1 Å². The first kappa shape index (κ1) is 18.0. The second-order valence-electron chi connectivity index (χ2n) is 5.72. The zero-order valence-corrected chi connectivity index (χ0v) is 14.1. The Bertz CT molecular complexity index is 585. The highest BCUT2D eigenvalue weighted by Gasteiger charge is 2.40. The van der Waals surface area contributed by atoms with Crippen LogP contribution in [0.15, 0.2) is 18.2 Å². The van der Waals surface area contributed by atoms with E-state index >= 15 is 0 Å². The van der Waals surface area contributed by atoms with Crippen LogP contribution in [0, 0.1) is 5.41 Å². The van der Waals surface area contributed by atoms with Gasteiger partial charge < -0.3 is 15.2 Å². The van der Waals surface area contributed by atoms with Gasteiger partial charge in [-0.2, -0.15) is 0 Å². The predicted octanol–water partition coefficient (Wildman–Crippen LogP) is 2.92. The number of hydrogen-bond acceptors (Lipinski definition) is 3. The monoisotopic (exact) mass is 359 g/mol. The number of benzene rings is 1. The van der Waals surface area contributed by atoms with Crippen molar-refractivity contribution in [1.82, 2.24) is 5.32 Å². The quantitative estimate of drug-likeness (QED) is 0.818. The molecule has 23 heavy (non-hydrogen) atoms. The topological polar surface area (TPSA) is 75.6 Å². The molecule has 1 aromatic carbocycles. The number of aliphatic carboxylic acids is 1. The highest BCUT2D eigenvalue weighted by Crippen LogP contribution is 2.30. The van der Waals surface area contributed by atoms with Crippen LogP contribution in [0.3, 0.4) is 0 Å². The molecule has 7 heteroatoms. The Labute approximate surface area is 144 Å². The number of rotatable bonds is 6. The van der Waals surface area contributed by atoms with Crippen molar-refractivity contribution in [2.75, 3.05) is 19.8 Å². The number of carbonyl (C=O) groups is 2. The number of nitrogens with one attached hydrogen (secondary N) is 1. The van der Waals surface area contributed by atoms with Crippen molar-refractivity contribution in [2.45, 2.75) is 25.7 Å². The van der Waals surface area contributed by atoms with E-state index in [0.29, 0.717) is 42.5 Å². The molecule has 1 fully saturated rings. The molecule has 0 saturated carbocycles. The van der Waals surface area contributed by atoms with E-state index in [1.165, 1.54) is 0 Å². The van der Waals surface area contributed by atoms with Gasteiger partial charge in [0.05, 0.1) is 15.5 Å². The number of amides is 1. The molecule has 0 aliphatic carbocycles. The van der Waals surface area contributed by atoms with Crippen molar-refractivity contribution in [1.29, 1.82) is 0 Å². The fourth-order valence-corrected chi connectivity index (χ4v) is 2.86. The Morgan fingerprint density at radius 3 is 2.52 bits per heavy atom. The maximum atomic E-state index is 12.0. The third kappa shape index (κ3) is 4.83. The first-order valence-corrected chi connectivity index (χ1v) is 8.20. The molecular weight excluding hydrogens is 341 g/mol. The van der Waals surface area contributed by atoms with Crippen molar-refractivity contribution in [3.63, 3.8) is 0 Å². The van der Waals surface area contributed by atoms with Gasteiger partial charge in [-0.25, -0.2) is 0 Å². The Kier molecular flexibility index (Phi) is 6.27. The molecule has 1 aliphatic heterocycles. The second-order valence-corrected chi connectivity index (χ2v) is 6.54. The summed E-state index contributed by atoms with van der Waals surface area (Å²) in [4.78, 5) is 23.5. The molecule has 0 radical (unpaired) electrons. The maximum Gasteiger partial charge on any atom is 0.311 e. The molecule has 1 aliphatic rings. The van der Waals surface area contributed by atoms with Gasteiger partial charge in [-0.05, 0) is 37.0 Å². The minimum absolute atomic E-state index is 0.131. The molecule has 0 atom stereocenters. The maximum absolute atomic E-state index is 12.0. The molecule has 2 N–H and O–H groups in total. The first-order chi connectivity index (χ1) is 10.9. The molecule has 0 aromatic heterocycles. The molecule has 1 heterocycles. The number of ether oxygens (including phenoxy) is 1. The fourth-order valence-electron chi connectivity index (χ4n) is 2.54. The molecule has 0 bridgehead atoms. The van der Waals surface area contributed by atoms with E-state index in [2.05, 4.69) is 5.32 Å². The lowest BCUT2D eigenvalue weighted by atomic mass is 9.80. The number of carboxylic acid groups (broad SMARTS) is 1. The average molecular weight is 360 g/mol. The van der Waals surface area contributed by atoms with Gasteiger partial charge in [0.1, 0.15) is 0 Å². The minimum Gasteiger partial charge on any atom is -0.481 e. The zero-order chi connectivity index (χ0) is 16.9. The Morgan fingerprint density at radius 1 is 1.22 bits per heavy atom. The van der Waals surface area contributed by atoms with Crippen molar-refractivity contribution in [3.05, 3.63) is 33.8 Å². The molecule has 5 nitrogen and oxygen atoms in total. The summed E-state index contributed by atoms with van der Waals surface area (Å²) in [5.41, 5.74) is -0.00845. The van der Waals surface area contributed by atoms with Gasteiger partial charge in [-0.15, -0.1) is 0 Å². The van der Waals surface area contributed by atoms with Gasteiger partial charge in [-0.3, -0.25) is 9.59 Å². The summed E-state index contributed by atoms with van der Waals surface area (Å²) in [5.74, 6) is -1.06. The van der Waals surface area contributed by atoms with Gasteiger partial charge >= 0.3 is 5.97 Å². The number of carbonyl (C=O) groups excluding carboxylic acids is 1. The average Bonchev–Trinajstić information content (AvgIpc) is 2.54. The minimum atomic E-state index is -0.919. The second kappa shape index (κ2) is 7.99. The Hall–Kier alpha value is -1.30. The SMILES string of the molecule is O=C(CCc1ccc(Cl)c(Cl)c1)NCC1(C(=O)O)CCOCC1. The lowest BCUT2D eigenvalue weighted by Crippen LogP contribution is -2.46. The van der Waals surface area contributed by atoms with E-state index in [1.54, 1.807) is 12.1 Å². The summed E-state index contributed by atoms with van der Waals surface area (Å²) in [6.45, 7) is 0.947. The predicted molar refractivity (Wildman–Crippen MR) is 87.9 cm³/mol. The lowest BCUT2D eigenvalue weighted by molar-refractivity contribution is -0.154. The summed E-state index contributed by atoms with van der Waals surface area (Å²) in [7, 11) is 0. The van der Waals surface area contributed by atoms with Crippen molar-refractivity contribution < 1.29 is 19.4 Å². The first-order valence-electron chi connectivity index (χ1n) is 7.45. The summed E-state index contributed by atoms with van der Waals surface area (Å²) in [5, 5.41) is 13.1. The molecule has 0 unspecified atom stereocenters. The zero-order valence-electron chi connectivity index (χ0n) is 12.6. The van der Waals surface area contributed by atoms with Crippen molar-refractivity contribution in [2.24, 2.45) is 5.41 Å². The fraction of sp³-hybridized carbons (Fsp3) is 0.500. The third-order valence-electron chi connectivity index (χ3n) is 4.15. The summed E-state index contributed by atoms with van der Waals surface area (Å²) in [6.07, 6.45) is 1.61. The van der Waals surface area contributed by atoms with Gasteiger partial charge in [0, 0.05) is 26.2 Å². The number of halogens is 2. The van der Waals surface area contributed by atoms with Crippen LogP contribution in [0.5, 0.6) is 0 Å². The van der Waals surface area contributed by atoms with E-state index in [9.17, 15) is 14.7 Å². The summed E-state index contributed by atoms with van der Waals surface area (Å²) < 4.78 is 5.21. The smallest absolute Gasteiger partial charge is 0.311 e. The van der Waals surface area contributed by atoms with E-state index < -0.39 is 11.4 Å². The van der Waals surface area contributed by atoms with E-state index in [0.717, 1.165) is 5.56 Å². The number of aryl methyl sites for hydroxylation is 1. The van der Waals surface area contributed by atoms with E-state index in [1.807, 2.05) is 6.07 Å². The molecular formula is C16H19Cl2NO4. The molecule has 1 amide bonds. The lowest BCUT2D eigenvalue weighted by Gasteiger charge is -2.33. The van der Waals surface area contributed by atoms with Gasteiger partial charge in [0.25, 0.3) is 0 Å². The highest BCUT2D eigenvalue weighted by molar-refractivity contribution is 6.42. The van der Waals surface area contributed by atoms with Crippen molar-refractivity contribution in [3.8, 4) is 0 Å². The highest BCUT2D eigenvalue weighted by atomic mass is 35.5. The van der Waals surface area contributed by atoms with Gasteiger partial charge in [0.2, 0.25) is 5.91 Å². The molecule has 126 valence electrons. The number of hydrogen-bond donors (Lipinski definition) is 2. The normalized spacial score (nSPS) is 16.8. The third-order valence-corrected chi connectivity index (χ3v) is 4.89. The van der Waals surface area contributed by atoms with Crippen LogP contribution in [0.1, 0.15) is 24.8 Å². The Balaban J connectivity index is 1.84. The van der Waals surface area contributed by atoms with Crippen LogP contribution in [-0.2, 0) is 20.7 Å². The number of carboxylic acids is 1. The largest absolute Gasteiger partial charge is 0.481 e. The van der Waals surface area contributed by atoms with E-state index in [4.69, 9.17) is 27.9 Å². The van der Waals surface area contributed by atoms with Crippen LogP contribution < -0.4 is 5.32 Å². The van der Waals surface area contributed by atoms with Crippen LogP contribution in [0.25, 0.3) is 0 Å². The molecule has 2 rings (SSSR count). The molecule has 0 spiro atoms. The van der Waals surface area contributed by atoms with Crippen LogP contribution in [-0.4, -0.2) is 36.7 Å².